The zero-order valence-electron chi connectivity index (χ0n) is 13.4. The van der Waals surface area contributed by atoms with Gasteiger partial charge in [-0.05, 0) is 46.9 Å². The normalized spacial score (nSPS) is 21.5. The number of anilines is 1. The Morgan fingerprint density at radius 1 is 1.45 bits per heavy atom. The van der Waals surface area contributed by atoms with Crippen LogP contribution in [0.15, 0.2) is 10.8 Å². The first-order valence-corrected chi connectivity index (χ1v) is 7.99. The molecular formula is C15H22N6O. The van der Waals surface area contributed by atoms with E-state index in [1.54, 1.807) is 6.26 Å². The summed E-state index contributed by atoms with van der Waals surface area (Å²) in [6.45, 7) is 5.88. The van der Waals surface area contributed by atoms with Crippen molar-refractivity contribution in [3.8, 4) is 0 Å². The zero-order valence-corrected chi connectivity index (χ0v) is 13.4. The summed E-state index contributed by atoms with van der Waals surface area (Å²) >= 11 is 0. The summed E-state index contributed by atoms with van der Waals surface area (Å²) in [6.07, 6.45) is 5.85. The molecule has 1 spiro atoms. The van der Waals surface area contributed by atoms with E-state index in [1.165, 1.54) is 19.3 Å². The highest BCUT2D eigenvalue weighted by atomic mass is 16.5. The molecule has 2 aromatic rings. The smallest absolute Gasteiger partial charge is 0.245 e. The van der Waals surface area contributed by atoms with E-state index in [-0.39, 0.29) is 0 Å². The average Bonchev–Trinajstić information content (AvgIpc) is 3.23. The fourth-order valence-electron chi connectivity index (χ4n) is 3.45. The highest BCUT2D eigenvalue weighted by Crippen LogP contribution is 2.71. The van der Waals surface area contributed by atoms with Gasteiger partial charge >= 0.3 is 0 Å². The Morgan fingerprint density at radius 2 is 2.27 bits per heavy atom. The third kappa shape index (κ3) is 2.28. The second-order valence-corrected chi connectivity index (χ2v) is 7.16. The van der Waals surface area contributed by atoms with Crippen LogP contribution in [0.4, 0.5) is 5.95 Å². The number of hydrogen-bond acceptors (Lipinski definition) is 6. The van der Waals surface area contributed by atoms with Crippen molar-refractivity contribution in [1.29, 1.82) is 0 Å². The van der Waals surface area contributed by atoms with Gasteiger partial charge in [-0.25, -0.2) is 4.68 Å². The number of nitrogens with zero attached hydrogens (tertiary/aromatic N) is 6. The molecule has 7 nitrogen and oxygen atoms in total. The molecule has 7 heteroatoms. The average molecular weight is 302 g/mol. The summed E-state index contributed by atoms with van der Waals surface area (Å²) in [5.41, 5.74) is 2.77. The Kier molecular flexibility index (Phi) is 2.99. The van der Waals surface area contributed by atoms with E-state index in [0.29, 0.717) is 17.9 Å². The first-order chi connectivity index (χ1) is 10.6. The van der Waals surface area contributed by atoms with E-state index in [0.717, 1.165) is 29.7 Å². The summed E-state index contributed by atoms with van der Waals surface area (Å²) in [5, 5.41) is 16.3. The van der Waals surface area contributed by atoms with Gasteiger partial charge in [-0.15, -0.1) is 0 Å². The lowest BCUT2D eigenvalue weighted by atomic mass is 10.1. The quantitative estimate of drug-likeness (QED) is 0.814. The Bertz CT molecular complexity index is 671. The Labute approximate surface area is 129 Å². The van der Waals surface area contributed by atoms with Crippen LogP contribution in [0.3, 0.4) is 0 Å². The molecule has 2 saturated carbocycles. The lowest BCUT2D eigenvalue weighted by Gasteiger charge is -2.17. The zero-order chi connectivity index (χ0) is 15.3. The van der Waals surface area contributed by atoms with E-state index in [2.05, 4.69) is 39.4 Å². The van der Waals surface area contributed by atoms with Crippen LogP contribution in [0.2, 0.25) is 0 Å². The fourth-order valence-corrected chi connectivity index (χ4v) is 3.45. The summed E-state index contributed by atoms with van der Waals surface area (Å²) in [7, 11) is 2.01. The van der Waals surface area contributed by atoms with E-state index in [9.17, 15) is 0 Å². The minimum Gasteiger partial charge on any atom is -0.364 e. The standard InChI is InChI=1S/C15H22N6O/c1-10(2)13-11(9-22-17-13)7-20(3)14-16-18-19-21(14)8-12-6-15(12)4-5-15/h9-10,12H,4-8H2,1-3H3. The molecule has 2 heterocycles. The van der Waals surface area contributed by atoms with Crippen molar-refractivity contribution >= 4 is 5.95 Å². The third-order valence-corrected chi connectivity index (χ3v) is 5.13. The number of rotatable bonds is 6. The summed E-state index contributed by atoms with van der Waals surface area (Å²) in [6, 6.07) is 0. The molecule has 0 aliphatic heterocycles. The van der Waals surface area contributed by atoms with Gasteiger partial charge in [0.05, 0.1) is 12.2 Å². The van der Waals surface area contributed by atoms with Crippen molar-refractivity contribution in [2.75, 3.05) is 11.9 Å². The van der Waals surface area contributed by atoms with Crippen LogP contribution < -0.4 is 4.90 Å². The van der Waals surface area contributed by atoms with Crippen molar-refractivity contribution in [3.63, 3.8) is 0 Å². The predicted molar refractivity (Wildman–Crippen MR) is 80.3 cm³/mol. The summed E-state index contributed by atoms with van der Waals surface area (Å²) < 4.78 is 7.08. The summed E-state index contributed by atoms with van der Waals surface area (Å²) in [4.78, 5) is 2.07. The van der Waals surface area contributed by atoms with E-state index in [1.807, 2.05) is 11.7 Å². The number of tetrazole rings is 1. The number of hydrogen-bond donors (Lipinski definition) is 0. The van der Waals surface area contributed by atoms with Crippen LogP contribution in [0.25, 0.3) is 0 Å². The van der Waals surface area contributed by atoms with Gasteiger partial charge in [0.1, 0.15) is 6.26 Å². The minimum absolute atomic E-state index is 0.347. The first kappa shape index (κ1) is 13.7. The molecule has 0 aromatic carbocycles. The van der Waals surface area contributed by atoms with Gasteiger partial charge in [-0.3, -0.25) is 0 Å². The number of aromatic nitrogens is 5. The Morgan fingerprint density at radius 3 is 2.95 bits per heavy atom. The van der Waals surface area contributed by atoms with Crippen LogP contribution in [-0.4, -0.2) is 32.4 Å². The van der Waals surface area contributed by atoms with Gasteiger partial charge < -0.3 is 9.42 Å². The molecule has 0 amide bonds. The maximum Gasteiger partial charge on any atom is 0.245 e. The van der Waals surface area contributed by atoms with Crippen LogP contribution >= 0.6 is 0 Å². The first-order valence-electron chi connectivity index (χ1n) is 7.99. The third-order valence-electron chi connectivity index (χ3n) is 5.13. The molecule has 2 aromatic heterocycles. The Balaban J connectivity index is 1.47. The van der Waals surface area contributed by atoms with Gasteiger partial charge in [0.2, 0.25) is 5.95 Å². The SMILES string of the molecule is CC(C)c1nocc1CN(C)c1nnnn1CC1CC12CC2. The molecule has 2 fully saturated rings. The predicted octanol–water partition coefficient (Wildman–Crippen LogP) is 2.22. The van der Waals surface area contributed by atoms with Crippen molar-refractivity contribution in [1.82, 2.24) is 25.4 Å². The highest BCUT2D eigenvalue weighted by molar-refractivity contribution is 5.31. The molecule has 22 heavy (non-hydrogen) atoms. The molecular weight excluding hydrogens is 280 g/mol. The lowest BCUT2D eigenvalue weighted by molar-refractivity contribution is 0.408. The molecule has 0 saturated heterocycles. The van der Waals surface area contributed by atoms with Gasteiger partial charge in [0, 0.05) is 19.2 Å². The van der Waals surface area contributed by atoms with Crippen molar-refractivity contribution < 1.29 is 4.52 Å². The van der Waals surface area contributed by atoms with E-state index >= 15 is 0 Å². The molecule has 0 bridgehead atoms. The maximum atomic E-state index is 5.13. The van der Waals surface area contributed by atoms with Gasteiger partial charge in [0.15, 0.2) is 0 Å². The van der Waals surface area contributed by atoms with Crippen LogP contribution in [0, 0.1) is 11.3 Å². The van der Waals surface area contributed by atoms with E-state index < -0.39 is 0 Å². The molecule has 4 rings (SSSR count). The fraction of sp³-hybridized carbons (Fsp3) is 0.733. The molecule has 1 atom stereocenters. The second-order valence-electron chi connectivity index (χ2n) is 7.16. The summed E-state index contributed by atoms with van der Waals surface area (Å²) in [5.74, 6) is 1.93. The maximum absolute atomic E-state index is 5.13. The second kappa shape index (κ2) is 4.79. The monoisotopic (exact) mass is 302 g/mol. The van der Waals surface area contributed by atoms with E-state index in [4.69, 9.17) is 4.52 Å². The van der Waals surface area contributed by atoms with Crippen LogP contribution in [0.1, 0.15) is 50.3 Å². The molecule has 1 unspecified atom stereocenters. The largest absolute Gasteiger partial charge is 0.364 e. The van der Waals surface area contributed by atoms with Crippen LogP contribution in [0.5, 0.6) is 0 Å². The molecule has 118 valence electrons. The van der Waals surface area contributed by atoms with Gasteiger partial charge in [-0.1, -0.05) is 24.1 Å². The molecule has 2 aliphatic carbocycles. The van der Waals surface area contributed by atoms with Crippen LogP contribution in [-0.2, 0) is 13.1 Å². The van der Waals surface area contributed by atoms with Crippen molar-refractivity contribution in [2.24, 2.45) is 11.3 Å². The highest BCUT2D eigenvalue weighted by Gasteiger charge is 2.62. The molecule has 2 aliphatic rings. The van der Waals surface area contributed by atoms with Gasteiger partial charge in [-0.2, -0.15) is 0 Å². The lowest BCUT2D eigenvalue weighted by Crippen LogP contribution is -2.22. The minimum atomic E-state index is 0.347. The van der Waals surface area contributed by atoms with Crippen molar-refractivity contribution in [2.45, 2.75) is 52.1 Å². The van der Waals surface area contributed by atoms with Gasteiger partial charge in [0.25, 0.3) is 0 Å². The topological polar surface area (TPSA) is 72.9 Å². The van der Waals surface area contributed by atoms with Crippen molar-refractivity contribution in [3.05, 3.63) is 17.5 Å². The molecule has 0 N–H and O–H groups in total. The molecule has 0 radical (unpaired) electrons. The Hall–Kier alpha value is -1.92.